The Balaban J connectivity index is 2.42. The summed E-state index contributed by atoms with van der Waals surface area (Å²) in [6.07, 6.45) is 3.03. The first-order chi connectivity index (χ1) is 8.11. The molecular formula is C13H16FNO2. The van der Waals surface area contributed by atoms with Gasteiger partial charge in [-0.05, 0) is 30.2 Å². The van der Waals surface area contributed by atoms with E-state index in [-0.39, 0.29) is 18.3 Å². The second-order valence-corrected chi connectivity index (χ2v) is 3.69. The number of amides is 1. The van der Waals surface area contributed by atoms with E-state index < -0.39 is 6.10 Å². The number of hydrogen-bond donors (Lipinski definition) is 2. The van der Waals surface area contributed by atoms with Crippen LogP contribution in [0.5, 0.6) is 0 Å². The van der Waals surface area contributed by atoms with Crippen molar-refractivity contribution >= 4 is 12.0 Å². The number of carbonyl (C=O) groups excluding carboxylic acids is 1. The van der Waals surface area contributed by atoms with Gasteiger partial charge in [0.05, 0.1) is 6.10 Å². The van der Waals surface area contributed by atoms with Crippen LogP contribution in [0, 0.1) is 5.82 Å². The van der Waals surface area contributed by atoms with Crippen molar-refractivity contribution in [2.24, 2.45) is 0 Å². The lowest BCUT2D eigenvalue weighted by atomic mass is 10.2. The topological polar surface area (TPSA) is 49.3 Å². The van der Waals surface area contributed by atoms with Gasteiger partial charge >= 0.3 is 0 Å². The predicted molar refractivity (Wildman–Crippen MR) is 64.7 cm³/mol. The molecular weight excluding hydrogens is 221 g/mol. The van der Waals surface area contributed by atoms with Crippen molar-refractivity contribution < 1.29 is 14.3 Å². The highest BCUT2D eigenvalue weighted by Gasteiger charge is 2.01. The molecule has 0 aliphatic heterocycles. The Morgan fingerprint density at radius 3 is 2.71 bits per heavy atom. The molecule has 3 nitrogen and oxygen atoms in total. The lowest BCUT2D eigenvalue weighted by Crippen LogP contribution is -2.30. The van der Waals surface area contributed by atoms with E-state index in [0.29, 0.717) is 6.42 Å². The number of benzene rings is 1. The monoisotopic (exact) mass is 237 g/mol. The summed E-state index contributed by atoms with van der Waals surface area (Å²) in [4.78, 5) is 11.3. The zero-order chi connectivity index (χ0) is 12.7. The molecule has 0 radical (unpaired) electrons. The fourth-order valence-corrected chi connectivity index (χ4v) is 1.17. The van der Waals surface area contributed by atoms with E-state index >= 15 is 0 Å². The molecule has 0 fully saturated rings. The number of hydrogen-bond acceptors (Lipinski definition) is 2. The van der Waals surface area contributed by atoms with Gasteiger partial charge in [-0.1, -0.05) is 19.1 Å². The van der Waals surface area contributed by atoms with E-state index in [1.165, 1.54) is 18.2 Å². The third-order valence-corrected chi connectivity index (χ3v) is 2.28. The summed E-state index contributed by atoms with van der Waals surface area (Å²) in [5.41, 5.74) is 0.748. The zero-order valence-corrected chi connectivity index (χ0v) is 9.69. The molecule has 92 valence electrons. The molecule has 2 N–H and O–H groups in total. The van der Waals surface area contributed by atoms with Gasteiger partial charge in [-0.3, -0.25) is 4.79 Å². The van der Waals surface area contributed by atoms with Crippen LogP contribution in [0.3, 0.4) is 0 Å². The predicted octanol–water partition coefficient (Wildman–Crippen LogP) is 1.73. The fourth-order valence-electron chi connectivity index (χ4n) is 1.17. The molecule has 1 aromatic rings. The third-order valence-electron chi connectivity index (χ3n) is 2.28. The molecule has 1 amide bonds. The highest BCUT2D eigenvalue weighted by Crippen LogP contribution is 2.04. The maximum absolute atomic E-state index is 12.6. The maximum atomic E-state index is 12.6. The van der Waals surface area contributed by atoms with Crippen molar-refractivity contribution in [2.75, 3.05) is 6.54 Å². The Bertz CT molecular complexity index is 387. The number of halogens is 1. The standard InChI is InChI=1S/C13H16FNO2/c1-2-12(16)9-15-13(17)8-5-10-3-6-11(14)7-4-10/h3-8,12,16H,2,9H2,1H3,(H,15,17)/b8-5+. The van der Waals surface area contributed by atoms with Gasteiger partial charge < -0.3 is 10.4 Å². The normalized spacial score (nSPS) is 12.6. The van der Waals surface area contributed by atoms with Crippen LogP contribution in [0.15, 0.2) is 30.3 Å². The second kappa shape index (κ2) is 6.81. The Kier molecular flexibility index (Phi) is 5.36. The molecule has 0 saturated heterocycles. The van der Waals surface area contributed by atoms with Crippen LogP contribution in [0.4, 0.5) is 4.39 Å². The molecule has 0 spiro atoms. The maximum Gasteiger partial charge on any atom is 0.244 e. The molecule has 1 unspecified atom stereocenters. The minimum Gasteiger partial charge on any atom is -0.391 e. The Labute approximate surface area is 100.0 Å². The molecule has 0 aliphatic rings. The van der Waals surface area contributed by atoms with Crippen molar-refractivity contribution in [3.05, 3.63) is 41.7 Å². The highest BCUT2D eigenvalue weighted by molar-refractivity contribution is 5.91. The molecule has 1 atom stereocenters. The summed E-state index contributed by atoms with van der Waals surface area (Å²) < 4.78 is 12.6. The van der Waals surface area contributed by atoms with Crippen LogP contribution >= 0.6 is 0 Å². The summed E-state index contributed by atoms with van der Waals surface area (Å²) in [5, 5.41) is 11.8. The van der Waals surface area contributed by atoms with E-state index in [0.717, 1.165) is 5.56 Å². The summed E-state index contributed by atoms with van der Waals surface area (Å²) in [6.45, 7) is 2.08. The van der Waals surface area contributed by atoms with Crippen LogP contribution in [0.25, 0.3) is 6.08 Å². The average molecular weight is 237 g/mol. The van der Waals surface area contributed by atoms with E-state index in [1.54, 1.807) is 18.2 Å². The van der Waals surface area contributed by atoms with Crippen molar-refractivity contribution in [2.45, 2.75) is 19.4 Å². The quantitative estimate of drug-likeness (QED) is 0.766. The van der Waals surface area contributed by atoms with Crippen molar-refractivity contribution in [1.82, 2.24) is 5.32 Å². The Morgan fingerprint density at radius 1 is 1.47 bits per heavy atom. The molecule has 0 aromatic heterocycles. The molecule has 0 bridgehead atoms. The van der Waals surface area contributed by atoms with Gasteiger partial charge in [-0.2, -0.15) is 0 Å². The number of aliphatic hydroxyl groups excluding tert-OH is 1. The van der Waals surface area contributed by atoms with Crippen molar-refractivity contribution in [3.63, 3.8) is 0 Å². The van der Waals surface area contributed by atoms with Crippen LogP contribution < -0.4 is 5.32 Å². The highest BCUT2D eigenvalue weighted by atomic mass is 19.1. The molecule has 4 heteroatoms. The van der Waals surface area contributed by atoms with Gasteiger partial charge in [-0.25, -0.2) is 4.39 Å². The van der Waals surface area contributed by atoms with E-state index in [1.807, 2.05) is 6.92 Å². The van der Waals surface area contributed by atoms with Crippen LogP contribution in [-0.2, 0) is 4.79 Å². The minimum absolute atomic E-state index is 0.239. The molecule has 0 heterocycles. The van der Waals surface area contributed by atoms with Gasteiger partial charge in [0.1, 0.15) is 5.82 Å². The van der Waals surface area contributed by atoms with E-state index in [4.69, 9.17) is 0 Å². The molecule has 1 rings (SSSR count). The number of nitrogens with one attached hydrogen (secondary N) is 1. The third kappa shape index (κ3) is 5.26. The van der Waals surface area contributed by atoms with E-state index in [2.05, 4.69) is 5.32 Å². The summed E-state index contributed by atoms with van der Waals surface area (Å²) in [6, 6.07) is 5.83. The summed E-state index contributed by atoms with van der Waals surface area (Å²) >= 11 is 0. The van der Waals surface area contributed by atoms with E-state index in [9.17, 15) is 14.3 Å². The van der Waals surface area contributed by atoms with Crippen molar-refractivity contribution in [1.29, 1.82) is 0 Å². The van der Waals surface area contributed by atoms with Gasteiger partial charge in [0, 0.05) is 12.6 Å². The first-order valence-electron chi connectivity index (χ1n) is 5.51. The van der Waals surface area contributed by atoms with Crippen molar-refractivity contribution in [3.8, 4) is 0 Å². The molecule has 0 saturated carbocycles. The fraction of sp³-hybridized carbons (Fsp3) is 0.308. The SMILES string of the molecule is CCC(O)CNC(=O)/C=C/c1ccc(F)cc1. The molecule has 17 heavy (non-hydrogen) atoms. The Hall–Kier alpha value is -1.68. The number of rotatable bonds is 5. The lowest BCUT2D eigenvalue weighted by molar-refractivity contribution is -0.116. The second-order valence-electron chi connectivity index (χ2n) is 3.69. The largest absolute Gasteiger partial charge is 0.391 e. The first kappa shape index (κ1) is 13.4. The van der Waals surface area contributed by atoms with Gasteiger partial charge in [0.25, 0.3) is 0 Å². The smallest absolute Gasteiger partial charge is 0.244 e. The van der Waals surface area contributed by atoms with Gasteiger partial charge in [-0.15, -0.1) is 0 Å². The van der Waals surface area contributed by atoms with Crippen LogP contribution in [0.1, 0.15) is 18.9 Å². The van der Waals surface area contributed by atoms with Crippen LogP contribution in [-0.4, -0.2) is 23.7 Å². The van der Waals surface area contributed by atoms with Gasteiger partial charge in [0.15, 0.2) is 0 Å². The summed E-state index contributed by atoms with van der Waals surface area (Å²) in [7, 11) is 0. The summed E-state index contributed by atoms with van der Waals surface area (Å²) in [5.74, 6) is -0.584. The first-order valence-corrected chi connectivity index (χ1v) is 5.51. The molecule has 0 aliphatic carbocycles. The van der Waals surface area contributed by atoms with Crippen LogP contribution in [0.2, 0.25) is 0 Å². The lowest BCUT2D eigenvalue weighted by Gasteiger charge is -2.07. The number of aliphatic hydroxyl groups is 1. The minimum atomic E-state index is -0.516. The Morgan fingerprint density at radius 2 is 2.12 bits per heavy atom. The average Bonchev–Trinajstić information content (AvgIpc) is 2.35. The van der Waals surface area contributed by atoms with Gasteiger partial charge in [0.2, 0.25) is 5.91 Å². The number of carbonyl (C=O) groups is 1. The zero-order valence-electron chi connectivity index (χ0n) is 9.69. The molecule has 1 aromatic carbocycles.